The third-order valence-corrected chi connectivity index (χ3v) is 5.47. The van der Waals surface area contributed by atoms with E-state index in [-0.39, 0.29) is 8.41 Å². The lowest BCUT2D eigenvalue weighted by molar-refractivity contribution is 0.109. The molecule has 0 fully saturated rings. The van der Waals surface area contributed by atoms with E-state index in [0.717, 1.165) is 54.3 Å². The Morgan fingerprint density at radius 1 is 0.500 bits per heavy atom. The predicted octanol–water partition coefficient (Wildman–Crippen LogP) is 0.976. The Kier molecular flexibility index (Phi) is 29.1. The Labute approximate surface area is 174 Å². The van der Waals surface area contributed by atoms with Gasteiger partial charge in [0.05, 0.1) is 28.2 Å². The van der Waals surface area contributed by atoms with Crippen LogP contribution in [0.5, 0.6) is 0 Å². The molecular formula is C15H36B2O6S3. The van der Waals surface area contributed by atoms with Crippen LogP contribution in [-0.4, -0.2) is 111 Å². The summed E-state index contributed by atoms with van der Waals surface area (Å²) in [7, 11) is 4.55. The van der Waals surface area contributed by atoms with Crippen LogP contribution in [0.25, 0.3) is 0 Å². The smallest absolute Gasteiger partial charge is 0.385 e. The van der Waals surface area contributed by atoms with E-state index in [1.807, 2.05) is 0 Å². The summed E-state index contributed by atoms with van der Waals surface area (Å²) in [5.41, 5.74) is 0. The molecule has 0 saturated carbocycles. The third-order valence-electron chi connectivity index (χ3n) is 2.74. The molecule has 0 atom stereocenters. The van der Waals surface area contributed by atoms with Crippen LogP contribution in [0, 0.1) is 0 Å². The molecule has 0 spiro atoms. The van der Waals surface area contributed by atoms with Crippen molar-refractivity contribution in [2.45, 2.75) is 0 Å². The fraction of sp³-hybridized carbons (Fsp3) is 1.00. The van der Waals surface area contributed by atoms with Crippen molar-refractivity contribution in [1.29, 1.82) is 0 Å². The maximum absolute atomic E-state index is 5.70. The van der Waals surface area contributed by atoms with Crippen LogP contribution in [0.15, 0.2) is 0 Å². The van der Waals surface area contributed by atoms with E-state index in [2.05, 4.69) is 0 Å². The minimum absolute atomic E-state index is 0. The summed E-state index contributed by atoms with van der Waals surface area (Å²) in [6, 6.07) is 0. The van der Waals surface area contributed by atoms with Gasteiger partial charge in [0.1, 0.15) is 0 Å². The van der Waals surface area contributed by atoms with Gasteiger partial charge < -0.3 is 28.2 Å². The van der Waals surface area contributed by atoms with Crippen LogP contribution in [0.1, 0.15) is 0 Å². The van der Waals surface area contributed by atoms with Crippen LogP contribution in [0.2, 0.25) is 0 Å². The van der Waals surface area contributed by atoms with E-state index in [1.54, 1.807) is 56.6 Å². The number of ether oxygens (including phenoxy) is 3. The van der Waals surface area contributed by atoms with E-state index < -0.39 is 7.32 Å². The Bertz CT molecular complexity index is 223. The van der Waals surface area contributed by atoms with Crippen molar-refractivity contribution < 1.29 is 28.2 Å². The molecule has 0 aliphatic carbocycles. The van der Waals surface area contributed by atoms with Crippen molar-refractivity contribution in [3.05, 3.63) is 0 Å². The first-order valence-electron chi connectivity index (χ1n) is 8.40. The van der Waals surface area contributed by atoms with E-state index in [0.29, 0.717) is 19.8 Å². The van der Waals surface area contributed by atoms with Crippen LogP contribution >= 0.6 is 35.3 Å². The molecule has 26 heavy (non-hydrogen) atoms. The molecule has 6 nitrogen and oxygen atoms in total. The number of thioether (sulfide) groups is 3. The van der Waals surface area contributed by atoms with Crippen LogP contribution < -0.4 is 0 Å². The first kappa shape index (κ1) is 29.1. The summed E-state index contributed by atoms with van der Waals surface area (Å²) in [5.74, 6) is 5.61. The van der Waals surface area contributed by atoms with Crippen molar-refractivity contribution >= 4 is 51.0 Å². The second-order valence-electron chi connectivity index (χ2n) is 4.72. The maximum atomic E-state index is 5.70. The van der Waals surface area contributed by atoms with Crippen molar-refractivity contribution in [3.8, 4) is 0 Å². The zero-order valence-corrected chi connectivity index (χ0v) is 18.2. The van der Waals surface area contributed by atoms with Gasteiger partial charge in [0, 0.05) is 75.7 Å². The topological polar surface area (TPSA) is 55.4 Å². The average molecular weight is 430 g/mol. The number of hydrogen-bond donors (Lipinski definition) is 0. The number of rotatable bonds is 21. The van der Waals surface area contributed by atoms with Gasteiger partial charge in [0.15, 0.2) is 0 Å². The first-order valence-corrected chi connectivity index (χ1v) is 11.9. The molecule has 0 heterocycles. The fourth-order valence-corrected chi connectivity index (χ4v) is 3.60. The molecule has 0 bridgehead atoms. The lowest BCUT2D eigenvalue weighted by Crippen LogP contribution is -2.30. The molecule has 0 unspecified atom stereocenters. The fourth-order valence-electron chi connectivity index (χ4n) is 1.49. The van der Waals surface area contributed by atoms with Gasteiger partial charge in [-0.15, -0.1) is 0 Å². The van der Waals surface area contributed by atoms with Crippen molar-refractivity contribution in [1.82, 2.24) is 0 Å². The van der Waals surface area contributed by atoms with Gasteiger partial charge in [-0.3, -0.25) is 0 Å². The zero-order chi connectivity index (χ0) is 18.4. The summed E-state index contributed by atoms with van der Waals surface area (Å²) in [5, 5.41) is 0. The summed E-state index contributed by atoms with van der Waals surface area (Å²) in [6.07, 6.45) is 0. The Morgan fingerprint density at radius 2 is 0.769 bits per heavy atom. The van der Waals surface area contributed by atoms with E-state index in [9.17, 15) is 0 Å². The van der Waals surface area contributed by atoms with Gasteiger partial charge in [-0.05, 0) is 0 Å². The van der Waals surface area contributed by atoms with Crippen molar-refractivity contribution in [2.75, 3.05) is 95.5 Å². The molecule has 0 saturated heterocycles. The summed E-state index contributed by atoms with van der Waals surface area (Å²) in [6.45, 7) is 4.10. The van der Waals surface area contributed by atoms with Gasteiger partial charge in [-0.2, -0.15) is 35.3 Å². The second kappa shape index (κ2) is 25.9. The van der Waals surface area contributed by atoms with Gasteiger partial charge >= 0.3 is 7.32 Å². The molecule has 0 aromatic heterocycles. The van der Waals surface area contributed by atoms with Crippen molar-refractivity contribution in [3.63, 3.8) is 0 Å². The summed E-state index contributed by atoms with van der Waals surface area (Å²) in [4.78, 5) is 0. The van der Waals surface area contributed by atoms with E-state index in [1.165, 1.54) is 0 Å². The predicted molar refractivity (Wildman–Crippen MR) is 121 cm³/mol. The van der Waals surface area contributed by atoms with Crippen molar-refractivity contribution in [2.24, 2.45) is 0 Å². The molecule has 0 rings (SSSR count). The molecule has 0 aromatic rings. The number of hydrogen-bond acceptors (Lipinski definition) is 9. The largest absolute Gasteiger partial charge is 0.639 e. The highest BCUT2D eigenvalue weighted by Gasteiger charge is 2.20. The Balaban J connectivity index is 0. The van der Waals surface area contributed by atoms with Gasteiger partial charge in [0.2, 0.25) is 0 Å². The van der Waals surface area contributed by atoms with Gasteiger partial charge in [-0.25, -0.2) is 0 Å². The Morgan fingerprint density at radius 3 is 1.04 bits per heavy atom. The number of methoxy groups -OCH3 is 3. The normalized spacial score (nSPS) is 10.7. The molecule has 0 amide bonds. The van der Waals surface area contributed by atoms with Gasteiger partial charge in [-0.1, -0.05) is 0 Å². The minimum Gasteiger partial charge on any atom is -0.385 e. The highest BCUT2D eigenvalue weighted by atomic mass is 32.2. The molecule has 11 heteroatoms. The van der Waals surface area contributed by atoms with Crippen LogP contribution in [0.4, 0.5) is 0 Å². The molecule has 156 valence electrons. The molecular weight excluding hydrogens is 394 g/mol. The lowest BCUT2D eigenvalue weighted by Gasteiger charge is -2.14. The second-order valence-corrected chi connectivity index (χ2v) is 8.39. The zero-order valence-electron chi connectivity index (χ0n) is 15.7. The highest BCUT2D eigenvalue weighted by molar-refractivity contribution is 7.99. The van der Waals surface area contributed by atoms with E-state index in [4.69, 9.17) is 28.2 Å². The average Bonchev–Trinajstić information content (AvgIpc) is 2.63. The standard InChI is InChI=1S/C15H33BO6S3.BH3/c1-17-4-10-23-13-7-20-16(21-8-14-24-11-5-18-2)22-9-15-25-12-6-19-3;/h4-15H2,1-3H3;1H3. The molecule has 0 aliphatic heterocycles. The Hall–Kier alpha value is 0.940. The van der Waals surface area contributed by atoms with Gasteiger partial charge in [0.25, 0.3) is 0 Å². The SMILES string of the molecule is B.COCCSCCOB(OCCSCCOC)OCCSCCOC. The molecule has 0 N–H and O–H groups in total. The summed E-state index contributed by atoms with van der Waals surface area (Å²) >= 11 is 5.39. The highest BCUT2D eigenvalue weighted by Crippen LogP contribution is 2.05. The van der Waals surface area contributed by atoms with E-state index >= 15 is 0 Å². The maximum Gasteiger partial charge on any atom is 0.639 e. The third kappa shape index (κ3) is 23.0. The van der Waals surface area contributed by atoms with Crippen LogP contribution in [0.3, 0.4) is 0 Å². The molecule has 0 aliphatic rings. The van der Waals surface area contributed by atoms with Crippen LogP contribution in [-0.2, 0) is 28.2 Å². The monoisotopic (exact) mass is 430 g/mol. The first-order chi connectivity index (χ1) is 12.3. The minimum atomic E-state index is -0.589. The lowest BCUT2D eigenvalue weighted by atomic mass is 10.2. The molecule has 0 aromatic carbocycles. The quantitative estimate of drug-likeness (QED) is 0.196. The molecule has 0 radical (unpaired) electrons. The summed E-state index contributed by atoms with van der Waals surface area (Å²) < 4.78 is 32.2.